The van der Waals surface area contributed by atoms with Crippen LogP contribution in [0.4, 0.5) is 0 Å². The van der Waals surface area contributed by atoms with Crippen molar-refractivity contribution < 1.29 is 0 Å². The molecule has 0 aromatic rings. The Hall–Kier alpha value is 0.430. The first-order valence-corrected chi connectivity index (χ1v) is 7.12. The Bertz CT molecular complexity index is 68.5. The summed E-state index contributed by atoms with van der Waals surface area (Å²) in [5.74, 6) is 0. The minimum atomic E-state index is -0.590. The van der Waals surface area contributed by atoms with E-state index in [1.54, 1.807) is 12.3 Å². The second kappa shape index (κ2) is 2.35. The molecule has 0 N–H and O–H groups in total. The van der Waals surface area contributed by atoms with Gasteiger partial charge < -0.3 is 0 Å². The summed E-state index contributed by atoms with van der Waals surface area (Å²) in [4.78, 5) is 0. The van der Waals surface area contributed by atoms with Crippen molar-refractivity contribution >= 4 is 7.26 Å². The van der Waals surface area contributed by atoms with Gasteiger partial charge in [-0.3, -0.25) is 0 Å². The van der Waals surface area contributed by atoms with Crippen LogP contribution in [0.1, 0.15) is 19.3 Å². The summed E-state index contributed by atoms with van der Waals surface area (Å²) in [6, 6.07) is 0. The van der Waals surface area contributed by atoms with E-state index in [0.717, 1.165) is 0 Å². The van der Waals surface area contributed by atoms with Crippen LogP contribution < -0.4 is 0 Å². The van der Waals surface area contributed by atoms with E-state index in [9.17, 15) is 0 Å². The summed E-state index contributed by atoms with van der Waals surface area (Å²) in [5.41, 5.74) is 0. The average molecular weight is 132 g/mol. The Morgan fingerprint density at radius 1 is 0.875 bits per heavy atom. The molecule has 0 aromatic carbocycles. The molecule has 0 saturated carbocycles. The molecular weight excluding hydrogens is 115 g/mol. The van der Waals surface area contributed by atoms with E-state index in [2.05, 4.69) is 13.3 Å². The Labute approximate surface area is 53.0 Å². The third-order valence-corrected chi connectivity index (χ3v) is 5.62. The zero-order chi connectivity index (χ0) is 6.04. The number of rotatable bonds is 0. The zero-order valence-electron chi connectivity index (χ0n) is 6.04. The van der Waals surface area contributed by atoms with Crippen molar-refractivity contribution in [2.75, 3.05) is 25.7 Å². The molecule has 0 amide bonds. The van der Waals surface area contributed by atoms with Gasteiger partial charge in [0.15, 0.2) is 0 Å². The van der Waals surface area contributed by atoms with Gasteiger partial charge in [-0.05, 0) is 0 Å². The summed E-state index contributed by atoms with van der Waals surface area (Å²) in [6.45, 7) is 5.04. The van der Waals surface area contributed by atoms with Crippen molar-refractivity contribution in [1.29, 1.82) is 0 Å². The molecule has 1 heterocycles. The molecule has 0 nitrogen and oxygen atoms in total. The van der Waals surface area contributed by atoms with Crippen LogP contribution in [0.5, 0.6) is 0 Å². The van der Waals surface area contributed by atoms with Crippen molar-refractivity contribution in [3.63, 3.8) is 0 Å². The normalized spacial score (nSPS) is 31.8. The molecule has 1 aliphatic rings. The second-order valence-corrected chi connectivity index (χ2v) is 9.05. The van der Waals surface area contributed by atoms with E-state index < -0.39 is 7.26 Å². The quantitative estimate of drug-likeness (QED) is 0.443. The number of hydrogen-bond donors (Lipinski definition) is 0. The molecule has 0 bridgehead atoms. The van der Waals surface area contributed by atoms with E-state index in [0.29, 0.717) is 0 Å². The summed E-state index contributed by atoms with van der Waals surface area (Å²) >= 11 is 0. The topological polar surface area (TPSA) is 0 Å². The van der Waals surface area contributed by atoms with Gasteiger partial charge in [0.25, 0.3) is 0 Å². The fourth-order valence-electron chi connectivity index (χ4n) is 1.51. The maximum absolute atomic E-state index is 2.52. The predicted molar refractivity (Wildman–Crippen MR) is 43.7 cm³/mol. The predicted octanol–water partition coefficient (Wildman–Crippen LogP) is 2.18. The third kappa shape index (κ3) is 1.74. The molecule has 0 aromatic heterocycles. The first-order chi connectivity index (χ1) is 3.71. The van der Waals surface area contributed by atoms with E-state index in [4.69, 9.17) is 0 Å². The molecule has 0 unspecified atom stereocenters. The van der Waals surface area contributed by atoms with Gasteiger partial charge in [0.2, 0.25) is 0 Å². The Morgan fingerprint density at radius 3 is 1.62 bits per heavy atom. The van der Waals surface area contributed by atoms with Crippen molar-refractivity contribution in [2.24, 2.45) is 0 Å². The molecule has 1 fully saturated rings. The van der Waals surface area contributed by atoms with Gasteiger partial charge in [-0.2, -0.15) is 0 Å². The number of hydrogen-bond acceptors (Lipinski definition) is 0. The van der Waals surface area contributed by atoms with Crippen LogP contribution in [0.15, 0.2) is 0 Å². The van der Waals surface area contributed by atoms with Gasteiger partial charge in [0.1, 0.15) is 0 Å². The van der Waals surface area contributed by atoms with E-state index >= 15 is 0 Å². The van der Waals surface area contributed by atoms with E-state index in [-0.39, 0.29) is 0 Å². The van der Waals surface area contributed by atoms with Crippen molar-refractivity contribution in [3.8, 4) is 0 Å². The molecule has 1 rings (SSSR count). The molecule has 0 aliphatic carbocycles. The van der Waals surface area contributed by atoms with E-state index in [1.807, 2.05) is 0 Å². The maximum atomic E-state index is 2.52. The molecule has 1 heteroatoms. The first-order valence-electron chi connectivity index (χ1n) is 3.71. The van der Waals surface area contributed by atoms with Gasteiger partial charge in [0, 0.05) is 0 Å². The second-order valence-electron chi connectivity index (χ2n) is 3.72. The molecule has 1 aliphatic heterocycles. The van der Waals surface area contributed by atoms with Gasteiger partial charge in [0.05, 0.1) is 0 Å². The Kier molecular flexibility index (Phi) is 1.92. The SMILES string of the molecule is C[PH]1(C)CCCCC1. The van der Waals surface area contributed by atoms with Crippen molar-refractivity contribution in [2.45, 2.75) is 19.3 Å². The molecular formula is C7H17P. The van der Waals surface area contributed by atoms with Crippen LogP contribution in [-0.2, 0) is 0 Å². The van der Waals surface area contributed by atoms with Crippen LogP contribution in [0, 0.1) is 0 Å². The monoisotopic (exact) mass is 132 g/mol. The van der Waals surface area contributed by atoms with Crippen molar-refractivity contribution in [1.82, 2.24) is 0 Å². The van der Waals surface area contributed by atoms with Gasteiger partial charge in [-0.25, -0.2) is 0 Å². The van der Waals surface area contributed by atoms with E-state index in [1.165, 1.54) is 19.3 Å². The molecule has 0 atom stereocenters. The molecule has 0 radical (unpaired) electrons. The minimum absolute atomic E-state index is 0.590. The third-order valence-electron chi connectivity index (χ3n) is 2.21. The summed E-state index contributed by atoms with van der Waals surface area (Å²) in [5, 5.41) is 0. The van der Waals surface area contributed by atoms with Crippen LogP contribution in [0.25, 0.3) is 0 Å². The summed E-state index contributed by atoms with van der Waals surface area (Å²) in [6.07, 6.45) is 7.74. The Morgan fingerprint density at radius 2 is 1.38 bits per heavy atom. The molecule has 8 heavy (non-hydrogen) atoms. The average Bonchev–Trinajstić information content (AvgIpc) is 1.65. The van der Waals surface area contributed by atoms with Gasteiger partial charge >= 0.3 is 52.2 Å². The fourth-order valence-corrected chi connectivity index (χ4v) is 4.17. The fraction of sp³-hybridized carbons (Fsp3) is 1.00. The van der Waals surface area contributed by atoms with Gasteiger partial charge in [-0.1, -0.05) is 0 Å². The van der Waals surface area contributed by atoms with Gasteiger partial charge in [-0.15, -0.1) is 0 Å². The van der Waals surface area contributed by atoms with Crippen molar-refractivity contribution in [3.05, 3.63) is 0 Å². The summed E-state index contributed by atoms with van der Waals surface area (Å²) < 4.78 is 0. The van der Waals surface area contributed by atoms with Crippen LogP contribution >= 0.6 is 7.26 Å². The first kappa shape index (κ1) is 6.55. The zero-order valence-corrected chi connectivity index (χ0v) is 7.04. The molecule has 50 valence electrons. The van der Waals surface area contributed by atoms with Crippen LogP contribution in [0.3, 0.4) is 0 Å². The molecule has 1 saturated heterocycles. The molecule has 0 spiro atoms. The Balaban J connectivity index is 2.33. The standard InChI is InChI=1S/C7H17P/c1-8(2)6-4-3-5-7-8/h8H,3-7H2,1-2H3. The summed E-state index contributed by atoms with van der Waals surface area (Å²) in [7, 11) is -0.590. The van der Waals surface area contributed by atoms with Crippen LogP contribution in [0.2, 0.25) is 0 Å². The van der Waals surface area contributed by atoms with Crippen LogP contribution in [-0.4, -0.2) is 25.7 Å².